The van der Waals surface area contributed by atoms with Crippen molar-refractivity contribution < 1.29 is 32.8 Å². The van der Waals surface area contributed by atoms with E-state index in [4.69, 9.17) is 14.0 Å². The number of pyridine rings is 1. The normalized spacial score (nSPS) is 12.1. The zero-order chi connectivity index (χ0) is 14.5. The van der Waals surface area contributed by atoms with Gasteiger partial charge in [-0.25, -0.2) is 0 Å². The monoisotopic (exact) mass is 273 g/mol. The van der Waals surface area contributed by atoms with Gasteiger partial charge in [-0.15, -0.1) is 0 Å². The Morgan fingerprint density at radius 3 is 1.60 bits per heavy atom. The van der Waals surface area contributed by atoms with Gasteiger partial charge >= 0.3 is 25.6 Å². The van der Waals surface area contributed by atoms with Gasteiger partial charge in [0.1, 0.15) is 0 Å². The van der Waals surface area contributed by atoms with E-state index < -0.39 is 6.75 Å². The van der Waals surface area contributed by atoms with Crippen LogP contribution in [0.25, 0.3) is 0 Å². The van der Waals surface area contributed by atoms with E-state index in [2.05, 4.69) is 4.98 Å². The minimum atomic E-state index is -2.03. The zero-order valence-electron chi connectivity index (χ0n) is 13.8. The molecule has 1 rings (SSSR count). The molecule has 0 saturated heterocycles. The molecule has 0 N–H and O–H groups in total. The van der Waals surface area contributed by atoms with Crippen molar-refractivity contribution in [3.8, 4) is 0 Å². The molecular formula is C14H25BLiNO3. The minimum Gasteiger partial charge on any atom is -0.538 e. The van der Waals surface area contributed by atoms with Gasteiger partial charge in [-0.05, 0) is 53.2 Å². The summed E-state index contributed by atoms with van der Waals surface area (Å²) in [6.07, 6.45) is 1.68. The number of nitrogens with zero attached hydrogens (tertiary/aromatic N) is 1. The molecule has 0 aromatic carbocycles. The summed E-state index contributed by atoms with van der Waals surface area (Å²) >= 11 is 0. The molecule has 108 valence electrons. The molecular weight excluding hydrogens is 248 g/mol. The number of hydrogen-bond acceptors (Lipinski definition) is 4. The van der Waals surface area contributed by atoms with E-state index in [1.165, 1.54) is 0 Å². The van der Waals surface area contributed by atoms with Crippen molar-refractivity contribution >= 4 is 12.3 Å². The molecule has 0 aliphatic rings. The van der Waals surface area contributed by atoms with Crippen molar-refractivity contribution in [3.63, 3.8) is 0 Å². The van der Waals surface area contributed by atoms with Crippen LogP contribution in [0.3, 0.4) is 0 Å². The molecule has 4 nitrogen and oxygen atoms in total. The first-order valence-corrected chi connectivity index (χ1v) is 6.94. The van der Waals surface area contributed by atoms with Crippen LogP contribution < -0.4 is 24.5 Å². The Bertz CT molecular complexity index is 347. The third-order valence-electron chi connectivity index (χ3n) is 2.40. The molecule has 1 aromatic rings. The molecule has 0 radical (unpaired) electrons. The predicted molar refractivity (Wildman–Crippen MR) is 78.3 cm³/mol. The Kier molecular flexibility index (Phi) is 8.73. The van der Waals surface area contributed by atoms with Crippen LogP contribution in [0.5, 0.6) is 0 Å². The average molecular weight is 273 g/mol. The maximum atomic E-state index is 6.00. The van der Waals surface area contributed by atoms with E-state index in [-0.39, 0.29) is 37.2 Å². The zero-order valence-corrected chi connectivity index (χ0v) is 13.8. The molecule has 0 atom stereocenters. The summed E-state index contributed by atoms with van der Waals surface area (Å²) in [5.74, 6) is 0. The molecule has 0 unspecified atom stereocenters. The van der Waals surface area contributed by atoms with Crippen molar-refractivity contribution in [3.05, 3.63) is 24.4 Å². The quantitative estimate of drug-likeness (QED) is 0.628. The molecule has 1 heterocycles. The SMILES string of the molecule is CC(C)O[B-](OC(C)C)(OC(C)C)c1ccccn1.[Li+]. The van der Waals surface area contributed by atoms with Gasteiger partial charge in [0.25, 0.3) is 0 Å². The molecule has 0 aliphatic heterocycles. The molecule has 0 fully saturated rings. The first kappa shape index (κ1) is 19.7. The Balaban J connectivity index is 0.00000361. The van der Waals surface area contributed by atoms with Crippen molar-refractivity contribution in [2.24, 2.45) is 0 Å². The summed E-state index contributed by atoms with van der Waals surface area (Å²) in [6, 6.07) is 5.66. The van der Waals surface area contributed by atoms with Gasteiger partial charge in [0.05, 0.1) is 0 Å². The van der Waals surface area contributed by atoms with E-state index in [1.807, 2.05) is 59.7 Å². The van der Waals surface area contributed by atoms with Gasteiger partial charge < -0.3 is 14.0 Å². The summed E-state index contributed by atoms with van der Waals surface area (Å²) in [6.45, 7) is 9.76. The van der Waals surface area contributed by atoms with Gasteiger partial charge in [0, 0.05) is 24.5 Å². The number of hydrogen-bond donors (Lipinski definition) is 0. The third-order valence-corrected chi connectivity index (χ3v) is 2.40. The van der Waals surface area contributed by atoms with Crippen molar-refractivity contribution in [1.82, 2.24) is 4.98 Å². The van der Waals surface area contributed by atoms with Crippen LogP contribution >= 0.6 is 0 Å². The summed E-state index contributed by atoms with van der Waals surface area (Å²) in [7, 11) is 0. The fourth-order valence-electron chi connectivity index (χ4n) is 1.97. The molecule has 0 spiro atoms. The Morgan fingerprint density at radius 1 is 0.850 bits per heavy atom. The second-order valence-corrected chi connectivity index (χ2v) is 5.45. The molecule has 0 amide bonds. The van der Waals surface area contributed by atoms with E-state index in [1.54, 1.807) is 6.20 Å². The maximum absolute atomic E-state index is 6.00. The van der Waals surface area contributed by atoms with Crippen LogP contribution in [0.15, 0.2) is 24.4 Å². The Labute approximate surface area is 134 Å². The van der Waals surface area contributed by atoms with Crippen LogP contribution in [-0.4, -0.2) is 30.1 Å². The van der Waals surface area contributed by atoms with E-state index in [9.17, 15) is 0 Å². The standard InChI is InChI=1S/C14H25BNO3.Li/c1-11(2)17-15(18-12(3)4,19-13(5)6)14-9-7-8-10-16-14;/h7-13H,1-6H3;/q-1;+1. The van der Waals surface area contributed by atoms with Crippen molar-refractivity contribution in [2.75, 3.05) is 0 Å². The predicted octanol–water partition coefficient (Wildman–Crippen LogP) is -0.493. The average Bonchev–Trinajstić information content (AvgIpc) is 2.27. The fourth-order valence-corrected chi connectivity index (χ4v) is 1.97. The molecule has 1 aromatic heterocycles. The second-order valence-electron chi connectivity index (χ2n) is 5.45. The summed E-state index contributed by atoms with van der Waals surface area (Å²) < 4.78 is 18.0. The van der Waals surface area contributed by atoms with E-state index >= 15 is 0 Å². The van der Waals surface area contributed by atoms with Crippen molar-refractivity contribution in [2.45, 2.75) is 59.9 Å². The molecule has 6 heteroatoms. The first-order valence-electron chi connectivity index (χ1n) is 6.94. The first-order chi connectivity index (χ1) is 8.85. The molecule has 20 heavy (non-hydrogen) atoms. The summed E-state index contributed by atoms with van der Waals surface area (Å²) in [4.78, 5) is 4.36. The second kappa shape index (κ2) is 8.86. The van der Waals surface area contributed by atoms with Crippen LogP contribution in [-0.2, 0) is 14.0 Å². The number of aromatic nitrogens is 1. The van der Waals surface area contributed by atoms with Gasteiger partial charge in [0.15, 0.2) is 0 Å². The summed E-state index contributed by atoms with van der Waals surface area (Å²) in [5, 5.41) is 0. The molecule has 0 saturated carbocycles. The smallest absolute Gasteiger partial charge is 0.538 e. The Morgan fingerprint density at radius 2 is 1.30 bits per heavy atom. The largest absolute Gasteiger partial charge is 1.00 e. The molecule has 0 bridgehead atoms. The van der Waals surface area contributed by atoms with E-state index in [0.29, 0.717) is 5.59 Å². The van der Waals surface area contributed by atoms with Crippen LogP contribution in [0.4, 0.5) is 0 Å². The summed E-state index contributed by atoms with van der Waals surface area (Å²) in [5.41, 5.74) is 0.693. The van der Waals surface area contributed by atoms with Crippen molar-refractivity contribution in [1.29, 1.82) is 0 Å². The number of rotatable bonds is 7. The Hall–Kier alpha value is -0.308. The van der Waals surface area contributed by atoms with Gasteiger partial charge in [-0.2, -0.15) is 0 Å². The van der Waals surface area contributed by atoms with Gasteiger partial charge in [-0.1, -0.05) is 12.1 Å². The van der Waals surface area contributed by atoms with Gasteiger partial charge in [-0.3, -0.25) is 4.98 Å². The van der Waals surface area contributed by atoms with E-state index in [0.717, 1.165) is 0 Å². The fraction of sp³-hybridized carbons (Fsp3) is 0.643. The van der Waals surface area contributed by atoms with Crippen LogP contribution in [0.2, 0.25) is 0 Å². The minimum absolute atomic E-state index is 0. The molecule has 0 aliphatic carbocycles. The maximum Gasteiger partial charge on any atom is 1.00 e. The van der Waals surface area contributed by atoms with Gasteiger partial charge in [0.2, 0.25) is 0 Å². The third kappa shape index (κ3) is 5.99. The topological polar surface area (TPSA) is 40.6 Å². The van der Waals surface area contributed by atoms with Crippen LogP contribution in [0, 0.1) is 0 Å². The van der Waals surface area contributed by atoms with Crippen LogP contribution in [0.1, 0.15) is 41.5 Å².